The van der Waals surface area contributed by atoms with Crippen LogP contribution in [0, 0.1) is 0 Å². The number of carboxylic acid groups (broad SMARTS) is 1. The van der Waals surface area contributed by atoms with E-state index in [4.69, 9.17) is 9.84 Å². The van der Waals surface area contributed by atoms with Crippen LogP contribution < -0.4 is 0 Å². The van der Waals surface area contributed by atoms with E-state index in [1.54, 1.807) is 14.0 Å². The SMILES string of the molecule is CCCC1CN(C(C)C(=O)O)CCN1CCOC. The fourth-order valence-corrected chi connectivity index (χ4v) is 2.53. The van der Waals surface area contributed by atoms with Crippen LogP contribution in [0.1, 0.15) is 26.7 Å². The van der Waals surface area contributed by atoms with Gasteiger partial charge in [0.05, 0.1) is 6.61 Å². The highest BCUT2D eigenvalue weighted by atomic mass is 16.5. The molecule has 5 nitrogen and oxygen atoms in total. The number of rotatable bonds is 7. The molecule has 0 aromatic heterocycles. The molecule has 0 radical (unpaired) electrons. The number of hydrogen-bond acceptors (Lipinski definition) is 4. The summed E-state index contributed by atoms with van der Waals surface area (Å²) in [4.78, 5) is 15.5. The third kappa shape index (κ3) is 4.23. The number of ether oxygens (including phenoxy) is 1. The first kappa shape index (κ1) is 15.4. The second-order valence-electron chi connectivity index (χ2n) is 4.98. The standard InChI is InChI=1S/C13H26N2O3/c1-4-5-12-10-15(11(2)13(16)17)7-6-14(12)8-9-18-3/h11-12H,4-10H2,1-3H3,(H,16,17). The van der Waals surface area contributed by atoms with Crippen molar-refractivity contribution in [3.05, 3.63) is 0 Å². The largest absolute Gasteiger partial charge is 0.480 e. The van der Waals surface area contributed by atoms with Crippen LogP contribution in [-0.4, -0.2) is 72.9 Å². The molecule has 0 aliphatic carbocycles. The molecule has 1 aliphatic rings. The van der Waals surface area contributed by atoms with Gasteiger partial charge in [0.2, 0.25) is 0 Å². The van der Waals surface area contributed by atoms with Gasteiger partial charge in [-0.3, -0.25) is 14.6 Å². The molecule has 2 unspecified atom stereocenters. The van der Waals surface area contributed by atoms with E-state index in [9.17, 15) is 4.79 Å². The van der Waals surface area contributed by atoms with Crippen molar-refractivity contribution in [1.82, 2.24) is 9.80 Å². The van der Waals surface area contributed by atoms with Gasteiger partial charge in [-0.25, -0.2) is 0 Å². The Hall–Kier alpha value is -0.650. The van der Waals surface area contributed by atoms with Crippen LogP contribution in [0.5, 0.6) is 0 Å². The Morgan fingerprint density at radius 1 is 1.50 bits per heavy atom. The van der Waals surface area contributed by atoms with Crippen LogP contribution in [0.4, 0.5) is 0 Å². The molecule has 1 aliphatic heterocycles. The number of nitrogens with zero attached hydrogens (tertiary/aromatic N) is 2. The van der Waals surface area contributed by atoms with E-state index in [1.807, 2.05) is 0 Å². The summed E-state index contributed by atoms with van der Waals surface area (Å²) in [5, 5.41) is 9.08. The van der Waals surface area contributed by atoms with Gasteiger partial charge < -0.3 is 9.84 Å². The van der Waals surface area contributed by atoms with Crippen molar-refractivity contribution in [1.29, 1.82) is 0 Å². The highest BCUT2D eigenvalue weighted by molar-refractivity contribution is 5.72. The van der Waals surface area contributed by atoms with E-state index in [2.05, 4.69) is 16.7 Å². The maximum Gasteiger partial charge on any atom is 0.320 e. The van der Waals surface area contributed by atoms with Crippen molar-refractivity contribution < 1.29 is 14.6 Å². The van der Waals surface area contributed by atoms with Crippen molar-refractivity contribution in [2.75, 3.05) is 39.9 Å². The summed E-state index contributed by atoms with van der Waals surface area (Å²) in [6.07, 6.45) is 2.25. The number of hydrogen-bond donors (Lipinski definition) is 1. The molecule has 1 N–H and O–H groups in total. The summed E-state index contributed by atoms with van der Waals surface area (Å²) in [6.45, 7) is 8.25. The Bertz CT molecular complexity index is 261. The zero-order chi connectivity index (χ0) is 13.5. The summed E-state index contributed by atoms with van der Waals surface area (Å²) in [5.74, 6) is -0.726. The molecule has 1 saturated heterocycles. The molecule has 1 heterocycles. The van der Waals surface area contributed by atoms with Crippen LogP contribution in [0.15, 0.2) is 0 Å². The van der Waals surface area contributed by atoms with Gasteiger partial charge in [0.15, 0.2) is 0 Å². The molecule has 1 fully saturated rings. The lowest BCUT2D eigenvalue weighted by Gasteiger charge is -2.42. The van der Waals surface area contributed by atoms with Gasteiger partial charge in [-0.2, -0.15) is 0 Å². The molecule has 0 aromatic carbocycles. The van der Waals surface area contributed by atoms with Crippen LogP contribution in [0.3, 0.4) is 0 Å². The number of aliphatic carboxylic acids is 1. The predicted octanol–water partition coefficient (Wildman–Crippen LogP) is 0.892. The average molecular weight is 258 g/mol. The molecule has 1 rings (SSSR count). The average Bonchev–Trinajstić information content (AvgIpc) is 2.36. The van der Waals surface area contributed by atoms with Gasteiger partial charge in [0, 0.05) is 39.3 Å². The van der Waals surface area contributed by atoms with E-state index in [1.165, 1.54) is 0 Å². The monoisotopic (exact) mass is 258 g/mol. The van der Waals surface area contributed by atoms with E-state index in [0.29, 0.717) is 6.04 Å². The first-order valence-corrected chi connectivity index (χ1v) is 6.80. The molecular weight excluding hydrogens is 232 g/mol. The van der Waals surface area contributed by atoms with E-state index < -0.39 is 5.97 Å². The topological polar surface area (TPSA) is 53.0 Å². The maximum absolute atomic E-state index is 11.0. The summed E-state index contributed by atoms with van der Waals surface area (Å²) < 4.78 is 5.13. The minimum Gasteiger partial charge on any atom is -0.480 e. The second kappa shape index (κ2) is 7.71. The number of carbonyl (C=O) groups is 1. The molecule has 0 amide bonds. The fourth-order valence-electron chi connectivity index (χ4n) is 2.53. The van der Waals surface area contributed by atoms with Crippen LogP contribution in [-0.2, 0) is 9.53 Å². The van der Waals surface area contributed by atoms with Crippen LogP contribution in [0.25, 0.3) is 0 Å². The van der Waals surface area contributed by atoms with Crippen molar-refractivity contribution >= 4 is 5.97 Å². The maximum atomic E-state index is 11.0. The van der Waals surface area contributed by atoms with Gasteiger partial charge in [0.25, 0.3) is 0 Å². The Morgan fingerprint density at radius 2 is 2.22 bits per heavy atom. The molecule has 106 valence electrons. The van der Waals surface area contributed by atoms with Crippen LogP contribution >= 0.6 is 0 Å². The number of piperazine rings is 1. The third-order valence-corrected chi connectivity index (χ3v) is 3.75. The summed E-state index contributed by atoms with van der Waals surface area (Å²) in [7, 11) is 1.72. The van der Waals surface area contributed by atoms with Gasteiger partial charge in [-0.15, -0.1) is 0 Å². The predicted molar refractivity (Wildman–Crippen MR) is 70.8 cm³/mol. The summed E-state index contributed by atoms with van der Waals surface area (Å²) in [5.41, 5.74) is 0. The van der Waals surface area contributed by atoms with Crippen molar-refractivity contribution in [3.8, 4) is 0 Å². The Kier molecular flexibility index (Phi) is 6.60. The third-order valence-electron chi connectivity index (χ3n) is 3.75. The minimum atomic E-state index is -0.726. The van der Waals surface area contributed by atoms with Gasteiger partial charge in [-0.1, -0.05) is 13.3 Å². The Balaban J connectivity index is 2.55. The molecule has 2 atom stereocenters. The first-order chi connectivity index (χ1) is 8.60. The molecule has 18 heavy (non-hydrogen) atoms. The highest BCUT2D eigenvalue weighted by Gasteiger charge is 2.30. The quantitative estimate of drug-likeness (QED) is 0.735. The zero-order valence-corrected chi connectivity index (χ0v) is 11.8. The lowest BCUT2D eigenvalue weighted by molar-refractivity contribution is -0.143. The second-order valence-corrected chi connectivity index (χ2v) is 4.98. The van der Waals surface area contributed by atoms with Gasteiger partial charge in [0.1, 0.15) is 6.04 Å². The molecule has 0 bridgehead atoms. The van der Waals surface area contributed by atoms with E-state index >= 15 is 0 Å². The molecular formula is C13H26N2O3. The minimum absolute atomic E-state index is 0.381. The Labute approximate surface area is 110 Å². The van der Waals surface area contributed by atoms with Crippen LogP contribution in [0.2, 0.25) is 0 Å². The molecule has 5 heteroatoms. The normalized spacial score (nSPS) is 24.1. The molecule has 0 spiro atoms. The van der Waals surface area contributed by atoms with Crippen molar-refractivity contribution in [2.45, 2.75) is 38.8 Å². The van der Waals surface area contributed by atoms with Crippen molar-refractivity contribution in [3.63, 3.8) is 0 Å². The van der Waals surface area contributed by atoms with E-state index in [-0.39, 0.29) is 6.04 Å². The Morgan fingerprint density at radius 3 is 2.78 bits per heavy atom. The molecule has 0 aromatic rings. The fraction of sp³-hybridized carbons (Fsp3) is 0.923. The van der Waals surface area contributed by atoms with Crippen molar-refractivity contribution in [2.24, 2.45) is 0 Å². The van der Waals surface area contributed by atoms with Gasteiger partial charge in [-0.05, 0) is 13.3 Å². The lowest BCUT2D eigenvalue weighted by atomic mass is 10.1. The number of carboxylic acids is 1. The summed E-state index contributed by atoms with van der Waals surface area (Å²) in [6, 6.07) is 0.0784. The lowest BCUT2D eigenvalue weighted by Crippen LogP contribution is -2.57. The number of methoxy groups -OCH3 is 1. The molecule has 0 saturated carbocycles. The summed E-state index contributed by atoms with van der Waals surface area (Å²) >= 11 is 0. The zero-order valence-electron chi connectivity index (χ0n) is 11.8. The van der Waals surface area contributed by atoms with E-state index in [0.717, 1.165) is 45.6 Å². The first-order valence-electron chi connectivity index (χ1n) is 6.80. The highest BCUT2D eigenvalue weighted by Crippen LogP contribution is 2.16. The van der Waals surface area contributed by atoms with Gasteiger partial charge >= 0.3 is 5.97 Å². The smallest absolute Gasteiger partial charge is 0.320 e.